The van der Waals surface area contributed by atoms with Crippen LogP contribution in [0.3, 0.4) is 0 Å². The molecule has 2 rings (SSSR count). The summed E-state index contributed by atoms with van der Waals surface area (Å²) < 4.78 is 1.46. The smallest absolute Gasteiger partial charge is 0.352 e. The number of nitrogens with zero attached hydrogens (tertiary/aromatic N) is 1. The molecule has 0 radical (unpaired) electrons. The van der Waals surface area contributed by atoms with Crippen molar-refractivity contribution in [3.8, 4) is 0 Å². The summed E-state index contributed by atoms with van der Waals surface area (Å²) in [4.78, 5) is 23.0. The van der Waals surface area contributed by atoms with Gasteiger partial charge in [-0.25, -0.2) is 4.79 Å². The van der Waals surface area contributed by atoms with Gasteiger partial charge in [0.25, 0.3) is 0 Å². The molecule has 1 heterocycles. The van der Waals surface area contributed by atoms with Crippen LogP contribution in [0.1, 0.15) is 49.5 Å². The zero-order chi connectivity index (χ0) is 13.9. The van der Waals surface area contributed by atoms with Crippen molar-refractivity contribution < 1.29 is 14.7 Å². The van der Waals surface area contributed by atoms with E-state index in [2.05, 4.69) is 12.2 Å². The standard InChI is InChI=1S/C14H20N2O3/c1-14(7-3-2-4-8-14)15-12(17)10-16-9-5-6-11(16)13(18)19/h5-6,9H,2-4,7-8,10H2,1H3,(H,15,17)(H,18,19). The third-order valence-electron chi connectivity index (χ3n) is 3.76. The van der Waals surface area contributed by atoms with Gasteiger partial charge in [0.05, 0.1) is 0 Å². The Labute approximate surface area is 112 Å². The summed E-state index contributed by atoms with van der Waals surface area (Å²) in [5.41, 5.74) is 0.00948. The lowest BCUT2D eigenvalue weighted by molar-refractivity contribution is -0.123. The van der Waals surface area contributed by atoms with Crippen LogP contribution >= 0.6 is 0 Å². The average Bonchev–Trinajstić information content (AvgIpc) is 2.77. The van der Waals surface area contributed by atoms with E-state index in [0.29, 0.717) is 0 Å². The third-order valence-corrected chi connectivity index (χ3v) is 3.76. The van der Waals surface area contributed by atoms with Gasteiger partial charge < -0.3 is 15.0 Å². The Morgan fingerprint density at radius 1 is 1.37 bits per heavy atom. The third kappa shape index (κ3) is 3.36. The predicted octanol–water partition coefficient (Wildman–Crippen LogP) is 2.03. The van der Waals surface area contributed by atoms with Gasteiger partial charge in [0.2, 0.25) is 5.91 Å². The first-order valence-corrected chi connectivity index (χ1v) is 6.70. The number of carbonyl (C=O) groups excluding carboxylic acids is 1. The zero-order valence-electron chi connectivity index (χ0n) is 11.2. The number of nitrogens with one attached hydrogen (secondary N) is 1. The SMILES string of the molecule is CC1(NC(=O)Cn2cccc2C(=O)O)CCCCC1. The Morgan fingerprint density at radius 3 is 2.68 bits per heavy atom. The fourth-order valence-electron chi connectivity index (χ4n) is 2.73. The maximum atomic E-state index is 12.0. The molecule has 5 nitrogen and oxygen atoms in total. The highest BCUT2D eigenvalue weighted by molar-refractivity contribution is 5.87. The maximum Gasteiger partial charge on any atom is 0.352 e. The minimum Gasteiger partial charge on any atom is -0.477 e. The normalized spacial score (nSPS) is 17.9. The summed E-state index contributed by atoms with van der Waals surface area (Å²) in [7, 11) is 0. The van der Waals surface area contributed by atoms with Gasteiger partial charge >= 0.3 is 5.97 Å². The quantitative estimate of drug-likeness (QED) is 0.874. The molecule has 1 amide bonds. The van der Waals surface area contributed by atoms with Crippen molar-refractivity contribution in [1.82, 2.24) is 9.88 Å². The molecule has 1 aromatic heterocycles. The van der Waals surface area contributed by atoms with Crippen molar-refractivity contribution >= 4 is 11.9 Å². The first kappa shape index (κ1) is 13.6. The number of aromatic carboxylic acids is 1. The lowest BCUT2D eigenvalue weighted by atomic mass is 9.83. The van der Waals surface area contributed by atoms with Crippen LogP contribution in [-0.4, -0.2) is 27.1 Å². The van der Waals surface area contributed by atoms with Gasteiger partial charge in [-0.1, -0.05) is 19.3 Å². The highest BCUT2D eigenvalue weighted by Crippen LogP contribution is 2.27. The molecule has 19 heavy (non-hydrogen) atoms. The van der Waals surface area contributed by atoms with E-state index >= 15 is 0 Å². The predicted molar refractivity (Wildman–Crippen MR) is 71.0 cm³/mol. The average molecular weight is 264 g/mol. The van der Waals surface area contributed by atoms with Gasteiger partial charge in [-0.15, -0.1) is 0 Å². The van der Waals surface area contributed by atoms with Crippen LogP contribution in [-0.2, 0) is 11.3 Å². The molecule has 1 aliphatic rings. The topological polar surface area (TPSA) is 71.3 Å². The summed E-state index contributed by atoms with van der Waals surface area (Å²) in [6, 6.07) is 3.14. The van der Waals surface area contributed by atoms with Gasteiger partial charge in [-0.05, 0) is 31.9 Å². The molecule has 0 bridgehead atoms. The van der Waals surface area contributed by atoms with Crippen LogP contribution in [0.25, 0.3) is 0 Å². The Bertz CT molecular complexity index is 473. The van der Waals surface area contributed by atoms with Crippen molar-refractivity contribution in [2.45, 2.75) is 51.1 Å². The molecule has 0 unspecified atom stereocenters. The molecule has 104 valence electrons. The van der Waals surface area contributed by atoms with E-state index in [1.165, 1.54) is 17.1 Å². The Hall–Kier alpha value is -1.78. The van der Waals surface area contributed by atoms with Gasteiger partial charge in [0, 0.05) is 11.7 Å². The number of carbonyl (C=O) groups is 2. The van der Waals surface area contributed by atoms with Crippen molar-refractivity contribution in [2.24, 2.45) is 0 Å². The Morgan fingerprint density at radius 2 is 2.05 bits per heavy atom. The molecule has 0 aromatic carbocycles. The molecule has 1 aromatic rings. The fourth-order valence-corrected chi connectivity index (χ4v) is 2.73. The highest BCUT2D eigenvalue weighted by Gasteiger charge is 2.28. The van der Waals surface area contributed by atoms with Crippen molar-refractivity contribution in [3.05, 3.63) is 24.0 Å². The van der Waals surface area contributed by atoms with Crippen LogP contribution in [0, 0.1) is 0 Å². The number of carboxylic acids is 1. The fraction of sp³-hybridized carbons (Fsp3) is 0.571. The minimum atomic E-state index is -1.01. The lowest BCUT2D eigenvalue weighted by Crippen LogP contribution is -2.48. The minimum absolute atomic E-state index is 0.0597. The molecule has 2 N–H and O–H groups in total. The first-order chi connectivity index (χ1) is 9.00. The molecule has 0 atom stereocenters. The molecule has 5 heteroatoms. The molecular formula is C14H20N2O3. The van der Waals surface area contributed by atoms with Gasteiger partial charge in [-0.2, -0.15) is 0 Å². The second kappa shape index (κ2) is 5.47. The van der Waals surface area contributed by atoms with Crippen LogP contribution in [0.5, 0.6) is 0 Å². The number of carboxylic acid groups (broad SMARTS) is 1. The lowest BCUT2D eigenvalue weighted by Gasteiger charge is -2.34. The van der Waals surface area contributed by atoms with E-state index < -0.39 is 5.97 Å². The molecule has 1 aliphatic carbocycles. The van der Waals surface area contributed by atoms with Gasteiger partial charge in [0.1, 0.15) is 12.2 Å². The molecular weight excluding hydrogens is 244 g/mol. The number of rotatable bonds is 4. The number of amides is 1. The summed E-state index contributed by atoms with van der Waals surface area (Å²) in [5.74, 6) is -1.13. The molecule has 1 fully saturated rings. The van der Waals surface area contributed by atoms with E-state index in [4.69, 9.17) is 5.11 Å². The highest BCUT2D eigenvalue weighted by atomic mass is 16.4. The maximum absolute atomic E-state index is 12.0. The summed E-state index contributed by atoms with van der Waals surface area (Å²) >= 11 is 0. The van der Waals surface area contributed by atoms with Crippen molar-refractivity contribution in [3.63, 3.8) is 0 Å². The van der Waals surface area contributed by atoms with E-state index in [1.54, 1.807) is 12.3 Å². The second-order valence-electron chi connectivity index (χ2n) is 5.50. The monoisotopic (exact) mass is 264 g/mol. The Kier molecular flexibility index (Phi) is 3.93. The van der Waals surface area contributed by atoms with E-state index in [1.807, 2.05) is 0 Å². The largest absolute Gasteiger partial charge is 0.477 e. The summed E-state index contributed by atoms with van der Waals surface area (Å²) in [5, 5.41) is 12.0. The van der Waals surface area contributed by atoms with E-state index in [0.717, 1.165) is 25.7 Å². The first-order valence-electron chi connectivity index (χ1n) is 6.70. The van der Waals surface area contributed by atoms with Crippen LogP contribution < -0.4 is 5.32 Å². The Balaban J connectivity index is 1.97. The van der Waals surface area contributed by atoms with Gasteiger partial charge in [0.15, 0.2) is 0 Å². The van der Waals surface area contributed by atoms with Crippen molar-refractivity contribution in [1.29, 1.82) is 0 Å². The number of hydrogen-bond donors (Lipinski definition) is 2. The van der Waals surface area contributed by atoms with Crippen molar-refractivity contribution in [2.75, 3.05) is 0 Å². The van der Waals surface area contributed by atoms with Crippen LogP contribution in [0.4, 0.5) is 0 Å². The zero-order valence-corrected chi connectivity index (χ0v) is 11.2. The molecule has 0 spiro atoms. The molecule has 1 saturated carbocycles. The summed E-state index contributed by atoms with van der Waals surface area (Å²) in [6.45, 7) is 2.13. The second-order valence-corrected chi connectivity index (χ2v) is 5.50. The van der Waals surface area contributed by atoms with Crippen LogP contribution in [0.2, 0.25) is 0 Å². The number of aromatic nitrogens is 1. The van der Waals surface area contributed by atoms with Crippen LogP contribution in [0.15, 0.2) is 18.3 Å². The number of hydrogen-bond acceptors (Lipinski definition) is 2. The molecule has 0 saturated heterocycles. The van der Waals surface area contributed by atoms with Gasteiger partial charge in [-0.3, -0.25) is 4.79 Å². The molecule has 0 aliphatic heterocycles. The van der Waals surface area contributed by atoms with E-state index in [9.17, 15) is 9.59 Å². The summed E-state index contributed by atoms with van der Waals surface area (Å²) in [6.07, 6.45) is 7.12. The van der Waals surface area contributed by atoms with E-state index in [-0.39, 0.29) is 23.7 Å².